The van der Waals surface area contributed by atoms with E-state index in [1.165, 1.54) is 0 Å². The van der Waals surface area contributed by atoms with Gasteiger partial charge < -0.3 is 10.1 Å². The van der Waals surface area contributed by atoms with Crippen LogP contribution in [0.1, 0.15) is 25.4 Å². The van der Waals surface area contributed by atoms with E-state index in [4.69, 9.17) is 10.7 Å². The van der Waals surface area contributed by atoms with Gasteiger partial charge in [-0.3, -0.25) is 4.57 Å². The number of imidazole rings is 2. The Bertz CT molecular complexity index is 723. The van der Waals surface area contributed by atoms with Crippen molar-refractivity contribution in [1.29, 1.82) is 0 Å². The first-order valence-corrected chi connectivity index (χ1v) is 6.94. The van der Waals surface area contributed by atoms with Gasteiger partial charge in [0.05, 0.1) is 5.69 Å². The zero-order valence-electron chi connectivity index (χ0n) is 11.8. The van der Waals surface area contributed by atoms with Crippen molar-refractivity contribution in [1.82, 2.24) is 18.9 Å². The molecule has 3 aromatic rings. The topological polar surface area (TPSA) is 61.1 Å². The standard InChI is InChI=1S/C15H19N5/c1-3-13-17-7-9-20(13)15-12(10-11(2)16)19-8-5-4-6-14(19)18-15/h4-9,11H,3,10,16H2,1-2H3. The number of nitrogens with two attached hydrogens (primary N) is 1. The molecule has 3 rings (SSSR count). The Labute approximate surface area is 118 Å². The van der Waals surface area contributed by atoms with Crippen molar-refractivity contribution in [3.8, 4) is 5.82 Å². The molecule has 5 nitrogen and oxygen atoms in total. The van der Waals surface area contributed by atoms with Crippen LogP contribution in [-0.4, -0.2) is 25.0 Å². The van der Waals surface area contributed by atoms with Gasteiger partial charge in [0.1, 0.15) is 11.5 Å². The zero-order chi connectivity index (χ0) is 14.1. The minimum absolute atomic E-state index is 0.0856. The molecule has 0 aliphatic carbocycles. The van der Waals surface area contributed by atoms with Gasteiger partial charge in [0.2, 0.25) is 0 Å². The van der Waals surface area contributed by atoms with Crippen LogP contribution in [0.2, 0.25) is 0 Å². The molecule has 0 aliphatic rings. The van der Waals surface area contributed by atoms with Gasteiger partial charge in [-0.1, -0.05) is 13.0 Å². The quantitative estimate of drug-likeness (QED) is 0.787. The van der Waals surface area contributed by atoms with Gasteiger partial charge in [0.25, 0.3) is 0 Å². The Kier molecular flexibility index (Phi) is 3.28. The first kappa shape index (κ1) is 12.9. The van der Waals surface area contributed by atoms with Crippen molar-refractivity contribution in [2.75, 3.05) is 0 Å². The predicted octanol–water partition coefficient (Wildman–Crippen LogP) is 1.97. The van der Waals surface area contributed by atoms with Gasteiger partial charge in [-0.25, -0.2) is 9.97 Å². The van der Waals surface area contributed by atoms with E-state index >= 15 is 0 Å². The molecule has 1 unspecified atom stereocenters. The molecule has 20 heavy (non-hydrogen) atoms. The third kappa shape index (κ3) is 2.10. The lowest BCUT2D eigenvalue weighted by molar-refractivity contribution is 0.709. The maximum atomic E-state index is 6.00. The highest BCUT2D eigenvalue weighted by atomic mass is 15.2. The van der Waals surface area contributed by atoms with Gasteiger partial charge in [0, 0.05) is 37.5 Å². The minimum Gasteiger partial charge on any atom is -0.328 e. The van der Waals surface area contributed by atoms with E-state index in [1.54, 1.807) is 0 Å². The second kappa shape index (κ2) is 5.09. The summed E-state index contributed by atoms with van der Waals surface area (Å²) in [7, 11) is 0. The third-order valence-electron chi connectivity index (χ3n) is 3.38. The summed E-state index contributed by atoms with van der Waals surface area (Å²) in [5.74, 6) is 1.95. The largest absolute Gasteiger partial charge is 0.328 e. The highest BCUT2D eigenvalue weighted by Crippen LogP contribution is 2.19. The first-order chi connectivity index (χ1) is 9.70. The smallest absolute Gasteiger partial charge is 0.160 e. The van der Waals surface area contributed by atoms with Crippen LogP contribution >= 0.6 is 0 Å². The van der Waals surface area contributed by atoms with E-state index in [0.717, 1.165) is 35.8 Å². The average molecular weight is 269 g/mol. The summed E-state index contributed by atoms with van der Waals surface area (Å²) in [4.78, 5) is 9.13. The summed E-state index contributed by atoms with van der Waals surface area (Å²) in [5, 5.41) is 0. The molecule has 0 radical (unpaired) electrons. The fourth-order valence-corrected chi connectivity index (χ4v) is 2.51. The summed E-state index contributed by atoms with van der Waals surface area (Å²) in [6, 6.07) is 6.10. The summed E-state index contributed by atoms with van der Waals surface area (Å²) < 4.78 is 4.17. The van der Waals surface area contributed by atoms with E-state index in [9.17, 15) is 0 Å². The molecule has 3 aromatic heterocycles. The van der Waals surface area contributed by atoms with Gasteiger partial charge in [-0.05, 0) is 19.1 Å². The zero-order valence-corrected chi connectivity index (χ0v) is 11.8. The predicted molar refractivity (Wildman–Crippen MR) is 79.0 cm³/mol. The Morgan fingerprint density at radius 3 is 2.90 bits per heavy atom. The Balaban J connectivity index is 2.23. The summed E-state index contributed by atoms with van der Waals surface area (Å²) in [6.45, 7) is 4.11. The molecule has 0 aromatic carbocycles. The van der Waals surface area contributed by atoms with Crippen LogP contribution in [0.4, 0.5) is 0 Å². The lowest BCUT2D eigenvalue weighted by Crippen LogP contribution is -2.20. The molecule has 5 heteroatoms. The highest BCUT2D eigenvalue weighted by molar-refractivity contribution is 5.49. The van der Waals surface area contributed by atoms with Crippen LogP contribution in [0, 0.1) is 0 Å². The fourth-order valence-electron chi connectivity index (χ4n) is 2.51. The van der Waals surface area contributed by atoms with Gasteiger partial charge in [-0.2, -0.15) is 0 Å². The molecule has 1 atom stereocenters. The van der Waals surface area contributed by atoms with Crippen LogP contribution in [0.3, 0.4) is 0 Å². The van der Waals surface area contributed by atoms with Crippen LogP contribution in [-0.2, 0) is 12.8 Å². The van der Waals surface area contributed by atoms with E-state index < -0.39 is 0 Å². The van der Waals surface area contributed by atoms with E-state index in [1.807, 2.05) is 43.7 Å². The molecule has 0 bridgehead atoms. The van der Waals surface area contributed by atoms with Crippen LogP contribution in [0.15, 0.2) is 36.8 Å². The van der Waals surface area contributed by atoms with Crippen molar-refractivity contribution in [3.05, 3.63) is 48.3 Å². The molecule has 104 valence electrons. The van der Waals surface area contributed by atoms with E-state index in [-0.39, 0.29) is 6.04 Å². The monoisotopic (exact) mass is 269 g/mol. The van der Waals surface area contributed by atoms with Crippen molar-refractivity contribution in [2.45, 2.75) is 32.7 Å². The Hall–Kier alpha value is -2.14. The second-order valence-electron chi connectivity index (χ2n) is 5.06. The number of aryl methyl sites for hydroxylation is 1. The molecule has 0 spiro atoms. The van der Waals surface area contributed by atoms with Crippen LogP contribution in [0.25, 0.3) is 11.5 Å². The Morgan fingerprint density at radius 2 is 2.15 bits per heavy atom. The molecule has 0 saturated carbocycles. The molecular weight excluding hydrogens is 250 g/mol. The van der Waals surface area contributed by atoms with Crippen molar-refractivity contribution in [2.24, 2.45) is 5.73 Å². The fraction of sp³-hybridized carbons (Fsp3) is 0.333. The molecule has 0 fully saturated rings. The van der Waals surface area contributed by atoms with E-state index in [0.29, 0.717) is 0 Å². The third-order valence-corrected chi connectivity index (χ3v) is 3.38. The number of hydrogen-bond acceptors (Lipinski definition) is 3. The SMILES string of the molecule is CCc1nccn1-c1nc2ccccn2c1CC(C)N. The number of pyridine rings is 1. The highest BCUT2D eigenvalue weighted by Gasteiger charge is 2.16. The Morgan fingerprint density at radius 1 is 1.30 bits per heavy atom. The van der Waals surface area contributed by atoms with Crippen molar-refractivity contribution in [3.63, 3.8) is 0 Å². The summed E-state index contributed by atoms with van der Waals surface area (Å²) in [5.41, 5.74) is 8.07. The number of fused-ring (bicyclic) bond motifs is 1. The van der Waals surface area contributed by atoms with Gasteiger partial charge >= 0.3 is 0 Å². The van der Waals surface area contributed by atoms with Crippen molar-refractivity contribution < 1.29 is 0 Å². The van der Waals surface area contributed by atoms with Crippen molar-refractivity contribution >= 4 is 5.65 Å². The first-order valence-electron chi connectivity index (χ1n) is 6.94. The normalized spacial score (nSPS) is 12.9. The molecule has 2 N–H and O–H groups in total. The van der Waals surface area contributed by atoms with Gasteiger partial charge in [0.15, 0.2) is 5.82 Å². The number of hydrogen-bond donors (Lipinski definition) is 1. The molecular formula is C15H19N5. The molecule has 0 saturated heterocycles. The van der Waals surface area contributed by atoms with E-state index in [2.05, 4.69) is 20.9 Å². The lowest BCUT2D eigenvalue weighted by atomic mass is 10.2. The van der Waals surface area contributed by atoms with Crippen LogP contribution < -0.4 is 5.73 Å². The molecule has 0 amide bonds. The van der Waals surface area contributed by atoms with Gasteiger partial charge in [-0.15, -0.1) is 0 Å². The number of rotatable bonds is 4. The summed E-state index contributed by atoms with van der Waals surface area (Å²) >= 11 is 0. The molecule has 0 aliphatic heterocycles. The number of nitrogens with zero attached hydrogens (tertiary/aromatic N) is 4. The van der Waals surface area contributed by atoms with Crippen LogP contribution in [0.5, 0.6) is 0 Å². The maximum Gasteiger partial charge on any atom is 0.160 e. The second-order valence-corrected chi connectivity index (χ2v) is 5.06. The lowest BCUT2D eigenvalue weighted by Gasteiger charge is -2.09. The average Bonchev–Trinajstić information content (AvgIpc) is 3.02. The minimum atomic E-state index is 0.0856. The molecule has 3 heterocycles. The number of aromatic nitrogens is 4. The maximum absolute atomic E-state index is 6.00. The summed E-state index contributed by atoms with van der Waals surface area (Å²) in [6.07, 6.45) is 7.47.